The Balaban J connectivity index is 1.74. The van der Waals surface area contributed by atoms with E-state index in [0.29, 0.717) is 6.42 Å². The van der Waals surface area contributed by atoms with Gasteiger partial charge in [0, 0.05) is 4.90 Å². The molecular weight excluding hydrogens is 326 g/mol. The van der Waals surface area contributed by atoms with E-state index in [0.717, 1.165) is 22.4 Å². The summed E-state index contributed by atoms with van der Waals surface area (Å²) in [6.45, 7) is 2.03. The molecule has 1 unspecified atom stereocenters. The van der Waals surface area contributed by atoms with Crippen LogP contribution in [0, 0.1) is 35.5 Å². The number of aryl methyl sites for hydroxylation is 1. The minimum atomic E-state index is -1.18. The molecular formula is C22H21NOS. The second-order valence-electron chi connectivity index (χ2n) is 7.24. The molecule has 0 aromatic heterocycles. The van der Waals surface area contributed by atoms with E-state index < -0.39 is 16.2 Å². The predicted octanol–water partition coefficient (Wildman–Crippen LogP) is 4.43. The van der Waals surface area contributed by atoms with Crippen LogP contribution < -0.4 is 0 Å². The van der Waals surface area contributed by atoms with Gasteiger partial charge in [0.25, 0.3) is 0 Å². The molecule has 0 aliphatic heterocycles. The highest BCUT2D eigenvalue weighted by Crippen LogP contribution is 2.56. The first-order chi connectivity index (χ1) is 12.1. The summed E-state index contributed by atoms with van der Waals surface area (Å²) in [4.78, 5) is 0.837. The van der Waals surface area contributed by atoms with Crippen LogP contribution in [0.2, 0.25) is 0 Å². The van der Waals surface area contributed by atoms with Crippen molar-refractivity contribution in [3.05, 3.63) is 77.9 Å². The third kappa shape index (κ3) is 2.65. The Morgan fingerprint density at radius 3 is 2.52 bits per heavy atom. The minimum Gasteiger partial charge on any atom is -0.254 e. The van der Waals surface area contributed by atoms with Gasteiger partial charge in [0.1, 0.15) is 0 Å². The highest BCUT2D eigenvalue weighted by Gasteiger charge is 2.59. The van der Waals surface area contributed by atoms with Crippen molar-refractivity contribution in [2.24, 2.45) is 17.3 Å². The van der Waals surface area contributed by atoms with Crippen molar-refractivity contribution in [3.8, 4) is 6.07 Å². The van der Waals surface area contributed by atoms with Gasteiger partial charge in [0.2, 0.25) is 0 Å². The lowest BCUT2D eigenvalue weighted by molar-refractivity contribution is 0.330. The topological polar surface area (TPSA) is 40.9 Å². The van der Waals surface area contributed by atoms with E-state index in [2.05, 4.69) is 30.4 Å². The summed E-state index contributed by atoms with van der Waals surface area (Å²) in [6, 6.07) is 20.7. The number of rotatable bonds is 4. The van der Waals surface area contributed by atoms with Gasteiger partial charge in [0.15, 0.2) is 0 Å². The van der Waals surface area contributed by atoms with Crippen LogP contribution in [0.3, 0.4) is 0 Å². The van der Waals surface area contributed by atoms with E-state index in [1.165, 1.54) is 0 Å². The van der Waals surface area contributed by atoms with Crippen molar-refractivity contribution in [3.63, 3.8) is 0 Å². The van der Waals surface area contributed by atoms with Crippen molar-refractivity contribution in [2.45, 2.75) is 29.9 Å². The Labute approximate surface area is 151 Å². The third-order valence-electron chi connectivity index (χ3n) is 5.71. The van der Waals surface area contributed by atoms with Crippen molar-refractivity contribution in [1.29, 1.82) is 5.26 Å². The Kier molecular flexibility index (Phi) is 4.09. The number of hydrogen-bond acceptors (Lipinski definition) is 2. The first kappa shape index (κ1) is 16.3. The Morgan fingerprint density at radius 1 is 1.12 bits per heavy atom. The van der Waals surface area contributed by atoms with Gasteiger partial charge in [-0.2, -0.15) is 5.26 Å². The zero-order valence-corrected chi connectivity index (χ0v) is 15.1. The molecule has 2 nitrogen and oxygen atoms in total. The lowest BCUT2D eigenvalue weighted by Gasteiger charge is -2.35. The average molecular weight is 347 g/mol. The summed E-state index contributed by atoms with van der Waals surface area (Å²) in [5.41, 5.74) is 1.72. The number of allylic oxidation sites excluding steroid dienone is 2. The first-order valence-electron chi connectivity index (χ1n) is 8.75. The fourth-order valence-corrected chi connectivity index (χ4v) is 6.36. The van der Waals surface area contributed by atoms with Crippen molar-refractivity contribution >= 4 is 10.8 Å². The van der Waals surface area contributed by atoms with E-state index in [1.807, 2.05) is 49.4 Å². The lowest BCUT2D eigenvalue weighted by atomic mass is 9.72. The molecule has 1 saturated carbocycles. The summed E-state index contributed by atoms with van der Waals surface area (Å²) in [6.07, 6.45) is 5.97. The van der Waals surface area contributed by atoms with Gasteiger partial charge in [-0.15, -0.1) is 0 Å². The Hall–Kier alpha value is -2.18. The average Bonchev–Trinajstić information content (AvgIpc) is 3.23. The van der Waals surface area contributed by atoms with Crippen LogP contribution in [0.1, 0.15) is 17.5 Å². The number of benzene rings is 2. The normalized spacial score (nSPS) is 31.0. The van der Waals surface area contributed by atoms with Crippen LogP contribution in [0.4, 0.5) is 0 Å². The zero-order chi connectivity index (χ0) is 17.4. The molecule has 2 bridgehead atoms. The first-order valence-corrected chi connectivity index (χ1v) is 9.96. The fraction of sp³-hybridized carbons (Fsp3) is 0.318. The highest BCUT2D eigenvalue weighted by molar-refractivity contribution is 7.85. The maximum absolute atomic E-state index is 13.4. The Bertz CT molecular complexity index is 865. The molecule has 2 aromatic rings. The second kappa shape index (κ2) is 6.28. The summed E-state index contributed by atoms with van der Waals surface area (Å²) in [5.74, 6) is 0.428. The van der Waals surface area contributed by atoms with E-state index in [-0.39, 0.29) is 17.1 Å². The molecule has 25 heavy (non-hydrogen) atoms. The summed E-state index contributed by atoms with van der Waals surface area (Å²) >= 11 is 0. The highest BCUT2D eigenvalue weighted by atomic mass is 32.2. The van der Waals surface area contributed by atoms with Crippen LogP contribution >= 0.6 is 0 Å². The molecule has 0 saturated heterocycles. The standard InChI is InChI=1S/C22H21NOS/c1-16-7-11-20(12-8-16)25(24)21-18-9-10-19(13-18)22(21,15-23)14-17-5-3-2-4-6-17/h2-12,18-19,21H,13-14H2,1H3/t18-,19+,21+,22-,25?/m1/s1. The van der Waals surface area contributed by atoms with Gasteiger partial charge in [-0.3, -0.25) is 4.21 Å². The van der Waals surface area contributed by atoms with Gasteiger partial charge < -0.3 is 0 Å². The molecule has 0 heterocycles. The Morgan fingerprint density at radius 2 is 1.84 bits per heavy atom. The second-order valence-corrected chi connectivity index (χ2v) is 8.81. The molecule has 2 aliphatic carbocycles. The zero-order valence-electron chi connectivity index (χ0n) is 14.3. The van der Waals surface area contributed by atoms with Crippen molar-refractivity contribution in [1.82, 2.24) is 0 Å². The smallest absolute Gasteiger partial charge is 0.0829 e. The van der Waals surface area contributed by atoms with Gasteiger partial charge in [-0.25, -0.2) is 0 Å². The van der Waals surface area contributed by atoms with E-state index in [1.54, 1.807) is 0 Å². The monoisotopic (exact) mass is 347 g/mol. The number of nitrogens with zero attached hydrogens (tertiary/aromatic N) is 1. The largest absolute Gasteiger partial charge is 0.254 e. The molecule has 0 radical (unpaired) electrons. The van der Waals surface area contributed by atoms with E-state index in [9.17, 15) is 9.47 Å². The van der Waals surface area contributed by atoms with Crippen molar-refractivity contribution in [2.75, 3.05) is 0 Å². The molecule has 2 aromatic carbocycles. The molecule has 2 aliphatic rings. The maximum Gasteiger partial charge on any atom is 0.0829 e. The molecule has 5 atom stereocenters. The molecule has 4 rings (SSSR count). The molecule has 126 valence electrons. The van der Waals surface area contributed by atoms with E-state index in [4.69, 9.17) is 0 Å². The van der Waals surface area contributed by atoms with Gasteiger partial charge in [-0.1, -0.05) is 60.2 Å². The van der Waals surface area contributed by atoms with Crippen molar-refractivity contribution < 1.29 is 4.21 Å². The lowest BCUT2D eigenvalue weighted by Crippen LogP contribution is -2.42. The summed E-state index contributed by atoms with van der Waals surface area (Å²) in [5, 5.41) is 10.0. The minimum absolute atomic E-state index is 0.143. The van der Waals surface area contributed by atoms with Gasteiger partial charge in [-0.05, 0) is 49.3 Å². The van der Waals surface area contributed by atoms with Gasteiger partial charge >= 0.3 is 0 Å². The van der Waals surface area contributed by atoms with Crippen LogP contribution in [0.15, 0.2) is 71.6 Å². The summed E-state index contributed by atoms with van der Waals surface area (Å²) in [7, 11) is -1.18. The molecule has 1 fully saturated rings. The van der Waals surface area contributed by atoms with Crippen LogP contribution in [0.25, 0.3) is 0 Å². The quantitative estimate of drug-likeness (QED) is 0.768. The molecule has 0 spiro atoms. The van der Waals surface area contributed by atoms with Crippen LogP contribution in [0.5, 0.6) is 0 Å². The SMILES string of the molecule is Cc1ccc(S(=O)[C@H]2[C@@H]3C=C[C@@H](C3)[C@]2(C#N)Cc2ccccc2)cc1. The van der Waals surface area contributed by atoms with Gasteiger partial charge in [0.05, 0.1) is 27.5 Å². The number of nitriles is 1. The molecule has 0 amide bonds. The molecule has 3 heteroatoms. The molecule has 0 N–H and O–H groups in total. The third-order valence-corrected chi connectivity index (χ3v) is 7.67. The predicted molar refractivity (Wildman–Crippen MR) is 100 cm³/mol. The maximum atomic E-state index is 13.4. The number of hydrogen-bond donors (Lipinski definition) is 0. The van der Waals surface area contributed by atoms with E-state index >= 15 is 0 Å². The van der Waals surface area contributed by atoms with Crippen LogP contribution in [-0.2, 0) is 17.2 Å². The summed E-state index contributed by atoms with van der Waals surface area (Å²) < 4.78 is 13.4. The number of fused-ring (bicyclic) bond motifs is 2. The van der Waals surface area contributed by atoms with Crippen LogP contribution in [-0.4, -0.2) is 9.46 Å². The fourth-order valence-electron chi connectivity index (χ4n) is 4.45.